The maximum atomic E-state index is 13.2. The molecule has 2 unspecified atom stereocenters. The number of nitrogens with zero attached hydrogens (tertiary/aromatic N) is 3. The van der Waals surface area contributed by atoms with E-state index >= 15 is 0 Å². The highest BCUT2D eigenvalue weighted by Crippen LogP contribution is 2.33. The predicted molar refractivity (Wildman–Crippen MR) is 136 cm³/mol. The molecule has 8 nitrogen and oxygen atoms in total. The van der Waals surface area contributed by atoms with Crippen molar-refractivity contribution in [1.29, 1.82) is 0 Å². The van der Waals surface area contributed by atoms with Crippen LogP contribution in [0.15, 0.2) is 60.8 Å². The number of carboxylic acids is 1. The molecule has 1 aromatic heterocycles. The summed E-state index contributed by atoms with van der Waals surface area (Å²) >= 11 is 6.12. The van der Waals surface area contributed by atoms with E-state index in [0.717, 1.165) is 5.56 Å². The zero-order valence-corrected chi connectivity index (χ0v) is 21.2. The Bertz CT molecular complexity index is 1260. The van der Waals surface area contributed by atoms with Crippen LogP contribution in [0.25, 0.3) is 0 Å². The molecule has 3 aromatic rings. The lowest BCUT2D eigenvalue weighted by Crippen LogP contribution is -2.58. The van der Waals surface area contributed by atoms with Crippen LogP contribution in [-0.2, 0) is 11.3 Å². The standard InChI is InChI=1S/C27H27ClFN3O5/c1-17-14-32(18(2)13-31(17)15-19-3-7-22(29)8-4-19)26(33)16-36-23-9-6-21(28)11-24(23)37-25-10-5-20(12-30-25)27(34)35/h3-12,17-18H,13-16H2,1-2H3,(H,34,35). The number of halogens is 2. The summed E-state index contributed by atoms with van der Waals surface area (Å²) in [6.45, 7) is 5.75. The average molecular weight is 528 g/mol. The molecule has 1 amide bonds. The van der Waals surface area contributed by atoms with E-state index in [1.807, 2.05) is 6.92 Å². The highest BCUT2D eigenvalue weighted by atomic mass is 35.5. The quantitative estimate of drug-likeness (QED) is 0.447. The number of ether oxygens (including phenoxy) is 2. The van der Waals surface area contributed by atoms with Crippen molar-refractivity contribution in [2.24, 2.45) is 0 Å². The van der Waals surface area contributed by atoms with Crippen LogP contribution >= 0.6 is 11.6 Å². The molecule has 2 heterocycles. The SMILES string of the molecule is CC1CN(C(=O)COc2ccc(Cl)cc2Oc2ccc(C(=O)O)cn2)C(C)CN1Cc1ccc(F)cc1. The van der Waals surface area contributed by atoms with Crippen molar-refractivity contribution in [1.82, 2.24) is 14.8 Å². The number of carboxylic acid groups (broad SMARTS) is 1. The third-order valence-electron chi connectivity index (χ3n) is 6.19. The van der Waals surface area contributed by atoms with Gasteiger partial charge in [0, 0.05) is 55.1 Å². The van der Waals surface area contributed by atoms with Crippen molar-refractivity contribution in [2.45, 2.75) is 32.5 Å². The van der Waals surface area contributed by atoms with E-state index in [0.29, 0.717) is 30.4 Å². The van der Waals surface area contributed by atoms with E-state index in [1.165, 1.54) is 36.5 Å². The number of benzene rings is 2. The number of hydrogen-bond donors (Lipinski definition) is 1. The van der Waals surface area contributed by atoms with Crippen molar-refractivity contribution in [3.05, 3.63) is 82.8 Å². The molecule has 0 spiro atoms. The fourth-order valence-electron chi connectivity index (χ4n) is 4.17. The Morgan fingerprint density at radius 2 is 1.81 bits per heavy atom. The highest BCUT2D eigenvalue weighted by Gasteiger charge is 2.32. The Labute approximate surface area is 219 Å². The molecule has 1 fully saturated rings. The molecule has 0 radical (unpaired) electrons. The highest BCUT2D eigenvalue weighted by molar-refractivity contribution is 6.30. The van der Waals surface area contributed by atoms with Gasteiger partial charge in [-0.1, -0.05) is 23.7 Å². The number of hydrogen-bond acceptors (Lipinski definition) is 6. The van der Waals surface area contributed by atoms with Gasteiger partial charge in [-0.25, -0.2) is 14.2 Å². The van der Waals surface area contributed by atoms with Gasteiger partial charge in [0.1, 0.15) is 5.82 Å². The summed E-state index contributed by atoms with van der Waals surface area (Å²) in [4.78, 5) is 32.2. The summed E-state index contributed by atoms with van der Waals surface area (Å²) in [7, 11) is 0. The molecule has 1 aliphatic rings. The molecule has 0 saturated carbocycles. The average Bonchev–Trinajstić information content (AvgIpc) is 2.87. The van der Waals surface area contributed by atoms with Gasteiger partial charge >= 0.3 is 5.97 Å². The number of pyridine rings is 1. The molecule has 194 valence electrons. The summed E-state index contributed by atoms with van der Waals surface area (Å²) in [5, 5.41) is 9.43. The Kier molecular flexibility index (Phi) is 8.25. The Morgan fingerprint density at radius 3 is 2.49 bits per heavy atom. The van der Waals surface area contributed by atoms with Crippen molar-refractivity contribution in [3.8, 4) is 17.4 Å². The number of carbonyl (C=O) groups excluding carboxylic acids is 1. The molecular formula is C27H27ClFN3O5. The summed E-state index contributed by atoms with van der Waals surface area (Å²) in [5.74, 6) is -0.806. The molecule has 0 aliphatic carbocycles. The van der Waals surface area contributed by atoms with Crippen LogP contribution in [0.2, 0.25) is 5.02 Å². The van der Waals surface area contributed by atoms with Crippen LogP contribution in [0, 0.1) is 5.82 Å². The molecule has 2 atom stereocenters. The fourth-order valence-corrected chi connectivity index (χ4v) is 4.34. The smallest absolute Gasteiger partial charge is 0.337 e. The van der Waals surface area contributed by atoms with Gasteiger partial charge in [0.2, 0.25) is 5.88 Å². The first-order chi connectivity index (χ1) is 17.7. The molecule has 1 saturated heterocycles. The lowest BCUT2D eigenvalue weighted by atomic mass is 10.1. The van der Waals surface area contributed by atoms with Gasteiger partial charge < -0.3 is 19.5 Å². The van der Waals surface area contributed by atoms with Gasteiger partial charge in [0.05, 0.1) is 5.56 Å². The Hall–Kier alpha value is -3.69. The van der Waals surface area contributed by atoms with Gasteiger partial charge in [-0.2, -0.15) is 0 Å². The van der Waals surface area contributed by atoms with E-state index in [1.54, 1.807) is 29.2 Å². The minimum atomic E-state index is -1.09. The number of amides is 1. The van der Waals surface area contributed by atoms with Gasteiger partial charge in [0.15, 0.2) is 18.1 Å². The summed E-state index contributed by atoms with van der Waals surface area (Å²) < 4.78 is 24.8. The van der Waals surface area contributed by atoms with Gasteiger partial charge in [0.25, 0.3) is 5.91 Å². The lowest BCUT2D eigenvalue weighted by Gasteiger charge is -2.44. The second-order valence-corrected chi connectivity index (χ2v) is 9.41. The topological polar surface area (TPSA) is 92.2 Å². The summed E-state index contributed by atoms with van der Waals surface area (Å²) in [5.41, 5.74) is 1.05. The maximum absolute atomic E-state index is 13.2. The van der Waals surface area contributed by atoms with Gasteiger partial charge in [-0.15, -0.1) is 0 Å². The van der Waals surface area contributed by atoms with Crippen molar-refractivity contribution >= 4 is 23.5 Å². The van der Waals surface area contributed by atoms with Crippen molar-refractivity contribution < 1.29 is 28.6 Å². The molecule has 4 rings (SSSR count). The first kappa shape index (κ1) is 26.4. The molecular weight excluding hydrogens is 501 g/mol. The first-order valence-electron chi connectivity index (χ1n) is 11.8. The molecule has 0 bridgehead atoms. The zero-order chi connectivity index (χ0) is 26.5. The Morgan fingerprint density at radius 1 is 1.05 bits per heavy atom. The van der Waals surface area contributed by atoms with Gasteiger partial charge in [-0.05, 0) is 49.7 Å². The second kappa shape index (κ2) is 11.6. The van der Waals surface area contributed by atoms with Crippen LogP contribution in [0.5, 0.6) is 17.4 Å². The van der Waals surface area contributed by atoms with Crippen LogP contribution in [0.3, 0.4) is 0 Å². The third-order valence-corrected chi connectivity index (χ3v) is 6.42. The number of carbonyl (C=O) groups is 2. The number of piperazine rings is 1. The largest absolute Gasteiger partial charge is 0.480 e. The van der Waals surface area contributed by atoms with E-state index in [-0.39, 0.29) is 47.6 Å². The minimum Gasteiger partial charge on any atom is -0.480 e. The van der Waals surface area contributed by atoms with Crippen LogP contribution < -0.4 is 9.47 Å². The maximum Gasteiger partial charge on any atom is 0.337 e. The molecule has 1 N–H and O–H groups in total. The monoisotopic (exact) mass is 527 g/mol. The van der Waals surface area contributed by atoms with Crippen LogP contribution in [0.4, 0.5) is 4.39 Å². The van der Waals surface area contributed by atoms with Crippen LogP contribution in [-0.4, -0.2) is 63.5 Å². The van der Waals surface area contributed by atoms with E-state index in [4.69, 9.17) is 26.2 Å². The van der Waals surface area contributed by atoms with Crippen molar-refractivity contribution in [2.75, 3.05) is 19.7 Å². The van der Waals surface area contributed by atoms with Crippen LogP contribution in [0.1, 0.15) is 29.8 Å². The van der Waals surface area contributed by atoms with E-state index < -0.39 is 5.97 Å². The van der Waals surface area contributed by atoms with E-state index in [9.17, 15) is 14.0 Å². The molecule has 37 heavy (non-hydrogen) atoms. The number of aromatic carboxylic acids is 1. The zero-order valence-electron chi connectivity index (χ0n) is 20.4. The number of aromatic nitrogens is 1. The normalized spacial score (nSPS) is 17.9. The second-order valence-electron chi connectivity index (χ2n) is 8.97. The van der Waals surface area contributed by atoms with Gasteiger partial charge in [-0.3, -0.25) is 9.69 Å². The van der Waals surface area contributed by atoms with E-state index in [2.05, 4.69) is 16.8 Å². The minimum absolute atomic E-state index is 0.0293. The Balaban J connectivity index is 1.37. The molecule has 2 aromatic carbocycles. The lowest BCUT2D eigenvalue weighted by molar-refractivity contribution is -0.139. The molecule has 1 aliphatic heterocycles. The predicted octanol–water partition coefficient (Wildman–Crippen LogP) is 4.86. The number of rotatable bonds is 8. The van der Waals surface area contributed by atoms with Crippen molar-refractivity contribution in [3.63, 3.8) is 0 Å². The summed E-state index contributed by atoms with van der Waals surface area (Å²) in [6, 6.07) is 14.1. The first-order valence-corrected chi connectivity index (χ1v) is 12.1. The third kappa shape index (κ3) is 6.75. The fraction of sp³-hybridized carbons (Fsp3) is 0.296. The summed E-state index contributed by atoms with van der Waals surface area (Å²) in [6.07, 6.45) is 1.19. The molecule has 10 heteroatoms.